The molecular weight excluding hydrogens is 374 g/mol. The molecule has 1 heterocycles. The second kappa shape index (κ2) is 8.60. The largest absolute Gasteiger partial charge is 0.507 e. The highest BCUT2D eigenvalue weighted by molar-refractivity contribution is 6.12. The van der Waals surface area contributed by atoms with Crippen molar-refractivity contribution in [1.29, 1.82) is 0 Å². The van der Waals surface area contributed by atoms with Crippen LogP contribution in [0.4, 0.5) is 0 Å². The van der Waals surface area contributed by atoms with E-state index in [1.54, 1.807) is 18.2 Å². The van der Waals surface area contributed by atoms with Crippen LogP contribution in [0.15, 0.2) is 60.2 Å². The number of hydrogen-bond donors (Lipinski definition) is 1. The van der Waals surface area contributed by atoms with Gasteiger partial charge in [0.05, 0.1) is 44.4 Å². The first kappa shape index (κ1) is 20.1. The summed E-state index contributed by atoms with van der Waals surface area (Å²) in [6.07, 6.45) is -0.303. The predicted molar refractivity (Wildman–Crippen MR) is 104 cm³/mol. The molecule has 29 heavy (non-hydrogen) atoms. The number of nitrogens with zero attached hydrogens (tertiary/aromatic N) is 1. The molecular formula is C22H21NO6. The molecule has 0 aromatic heterocycles. The van der Waals surface area contributed by atoms with E-state index in [0.29, 0.717) is 5.56 Å². The van der Waals surface area contributed by atoms with Gasteiger partial charge in [0.15, 0.2) is 0 Å². The first-order chi connectivity index (χ1) is 14.0. The third kappa shape index (κ3) is 3.99. The number of carbonyl (C=O) groups excluding carboxylic acids is 3. The van der Waals surface area contributed by atoms with E-state index in [1.165, 1.54) is 25.2 Å². The topological polar surface area (TPSA) is 93.1 Å². The molecule has 1 amide bonds. The number of aromatic hydroxyl groups is 1. The van der Waals surface area contributed by atoms with E-state index >= 15 is 0 Å². The molecule has 7 heteroatoms. The maximum absolute atomic E-state index is 13.3. The summed E-state index contributed by atoms with van der Waals surface area (Å²) in [6.45, 7) is 0.168. The highest BCUT2D eigenvalue weighted by atomic mass is 16.5. The Bertz CT molecular complexity index is 966. The van der Waals surface area contributed by atoms with Gasteiger partial charge in [0, 0.05) is 5.56 Å². The van der Waals surface area contributed by atoms with E-state index in [4.69, 9.17) is 9.47 Å². The Morgan fingerprint density at radius 1 is 1.00 bits per heavy atom. The van der Waals surface area contributed by atoms with Crippen LogP contribution in [0.1, 0.15) is 17.5 Å². The molecule has 1 atom stereocenters. The van der Waals surface area contributed by atoms with Crippen molar-refractivity contribution in [1.82, 2.24) is 4.90 Å². The van der Waals surface area contributed by atoms with E-state index in [9.17, 15) is 19.5 Å². The second-order valence-corrected chi connectivity index (χ2v) is 6.51. The molecule has 3 rings (SSSR count). The number of phenols is 1. The number of esters is 2. The monoisotopic (exact) mass is 395 g/mol. The lowest BCUT2D eigenvalue weighted by Gasteiger charge is -2.22. The van der Waals surface area contributed by atoms with E-state index in [0.717, 1.165) is 5.56 Å². The van der Waals surface area contributed by atoms with Gasteiger partial charge in [-0.1, -0.05) is 42.5 Å². The Kier molecular flexibility index (Phi) is 5.97. The Morgan fingerprint density at radius 3 is 2.28 bits per heavy atom. The van der Waals surface area contributed by atoms with Crippen molar-refractivity contribution in [3.63, 3.8) is 0 Å². The first-order valence-electron chi connectivity index (χ1n) is 9.00. The average Bonchev–Trinajstić information content (AvgIpc) is 3.00. The summed E-state index contributed by atoms with van der Waals surface area (Å²) in [4.78, 5) is 39.2. The molecule has 150 valence electrons. The van der Waals surface area contributed by atoms with Gasteiger partial charge >= 0.3 is 11.9 Å². The van der Waals surface area contributed by atoms with Crippen molar-refractivity contribution in [2.24, 2.45) is 5.92 Å². The number of hydrogen-bond acceptors (Lipinski definition) is 6. The minimum Gasteiger partial charge on any atom is -0.507 e. The van der Waals surface area contributed by atoms with Crippen LogP contribution in [-0.4, -0.2) is 42.1 Å². The van der Waals surface area contributed by atoms with Gasteiger partial charge in [-0.25, -0.2) is 4.79 Å². The highest BCUT2D eigenvalue weighted by Crippen LogP contribution is 2.42. The van der Waals surface area contributed by atoms with Crippen LogP contribution in [0.5, 0.6) is 5.75 Å². The summed E-state index contributed by atoms with van der Waals surface area (Å²) >= 11 is 0. The zero-order chi connectivity index (χ0) is 21.0. The van der Waals surface area contributed by atoms with E-state index in [2.05, 4.69) is 0 Å². The quantitative estimate of drug-likeness (QED) is 0.756. The number of phenolic OH excluding ortho intramolecular Hbond substituents is 1. The summed E-state index contributed by atoms with van der Waals surface area (Å²) in [6, 6.07) is 15.6. The van der Waals surface area contributed by atoms with E-state index in [-0.39, 0.29) is 30.0 Å². The molecule has 1 N–H and O–H groups in total. The lowest BCUT2D eigenvalue weighted by atomic mass is 9.94. The minimum atomic E-state index is -1.06. The normalized spacial score (nSPS) is 16.1. The first-order valence-corrected chi connectivity index (χ1v) is 9.00. The van der Waals surface area contributed by atoms with Crippen molar-refractivity contribution >= 4 is 23.5 Å². The minimum absolute atomic E-state index is 0.0281. The Hall–Kier alpha value is -3.61. The standard InChI is InChI=1S/C22H21NO6/c1-28-18(25)12-16-19(22(27)29-2)20(15-10-6-7-11-17(15)24)23(21(16)26)13-14-8-4-3-5-9-14/h3-11,16,24H,12-13H2,1-2H3. The molecule has 0 radical (unpaired) electrons. The molecule has 2 aromatic carbocycles. The smallest absolute Gasteiger partial charge is 0.336 e. The Morgan fingerprint density at radius 2 is 1.66 bits per heavy atom. The zero-order valence-corrected chi connectivity index (χ0v) is 16.1. The fourth-order valence-corrected chi connectivity index (χ4v) is 3.41. The van der Waals surface area contributed by atoms with Crippen LogP contribution in [0, 0.1) is 5.92 Å². The second-order valence-electron chi connectivity index (χ2n) is 6.51. The van der Waals surface area contributed by atoms with Crippen molar-refractivity contribution < 1.29 is 29.0 Å². The van der Waals surface area contributed by atoms with Crippen LogP contribution in [0.3, 0.4) is 0 Å². The Balaban J connectivity index is 2.18. The van der Waals surface area contributed by atoms with Gasteiger partial charge in [0.25, 0.3) is 0 Å². The van der Waals surface area contributed by atoms with Gasteiger partial charge in [-0.15, -0.1) is 0 Å². The van der Waals surface area contributed by atoms with E-state index < -0.39 is 23.8 Å². The molecule has 0 aliphatic carbocycles. The number of carbonyl (C=O) groups is 3. The Labute approximate surface area is 168 Å². The maximum atomic E-state index is 13.3. The molecule has 2 aromatic rings. The number of rotatable bonds is 6. The van der Waals surface area contributed by atoms with Crippen LogP contribution in [0.25, 0.3) is 5.70 Å². The number of benzene rings is 2. The highest BCUT2D eigenvalue weighted by Gasteiger charge is 2.45. The summed E-state index contributed by atoms with van der Waals surface area (Å²) in [5.74, 6) is -2.94. The molecule has 0 spiro atoms. The van der Waals surface area contributed by atoms with Gasteiger partial charge < -0.3 is 19.5 Å². The molecule has 1 unspecified atom stereocenters. The van der Waals surface area contributed by atoms with Crippen molar-refractivity contribution in [2.75, 3.05) is 14.2 Å². The van der Waals surface area contributed by atoms with Crippen LogP contribution < -0.4 is 0 Å². The molecule has 7 nitrogen and oxygen atoms in total. The summed E-state index contributed by atoms with van der Waals surface area (Å²) in [5, 5.41) is 10.4. The zero-order valence-electron chi connectivity index (χ0n) is 16.1. The van der Waals surface area contributed by atoms with Gasteiger partial charge in [0.1, 0.15) is 5.75 Å². The van der Waals surface area contributed by atoms with Crippen LogP contribution in [0.2, 0.25) is 0 Å². The SMILES string of the molecule is COC(=O)CC1C(=O)N(Cc2ccccc2)C(c2ccccc2O)=C1C(=O)OC. The molecule has 0 saturated heterocycles. The number of methoxy groups -OCH3 is 2. The molecule has 1 aliphatic heterocycles. The molecule has 1 aliphatic rings. The third-order valence-corrected chi connectivity index (χ3v) is 4.78. The lowest BCUT2D eigenvalue weighted by Crippen LogP contribution is -2.30. The summed E-state index contributed by atoms with van der Waals surface area (Å²) < 4.78 is 9.62. The molecule has 0 bridgehead atoms. The number of ether oxygens (including phenoxy) is 2. The average molecular weight is 395 g/mol. The number of para-hydroxylation sites is 1. The van der Waals surface area contributed by atoms with E-state index in [1.807, 2.05) is 30.3 Å². The van der Waals surface area contributed by atoms with Gasteiger partial charge in [-0.3, -0.25) is 9.59 Å². The van der Waals surface area contributed by atoms with Crippen molar-refractivity contribution in [2.45, 2.75) is 13.0 Å². The van der Waals surface area contributed by atoms with Crippen LogP contribution in [-0.2, 0) is 30.4 Å². The third-order valence-electron chi connectivity index (χ3n) is 4.78. The van der Waals surface area contributed by atoms with Gasteiger partial charge in [-0.2, -0.15) is 0 Å². The van der Waals surface area contributed by atoms with Crippen LogP contribution >= 0.6 is 0 Å². The van der Waals surface area contributed by atoms with Crippen molar-refractivity contribution in [3.8, 4) is 5.75 Å². The van der Waals surface area contributed by atoms with Gasteiger partial charge in [0.2, 0.25) is 5.91 Å². The maximum Gasteiger partial charge on any atom is 0.336 e. The lowest BCUT2D eigenvalue weighted by molar-refractivity contribution is -0.145. The molecule has 0 fully saturated rings. The van der Waals surface area contributed by atoms with Crippen molar-refractivity contribution in [3.05, 3.63) is 71.3 Å². The van der Waals surface area contributed by atoms with Gasteiger partial charge in [-0.05, 0) is 17.7 Å². The fourth-order valence-electron chi connectivity index (χ4n) is 3.41. The molecule has 0 saturated carbocycles. The summed E-state index contributed by atoms with van der Waals surface area (Å²) in [7, 11) is 2.42. The predicted octanol–water partition coefficient (Wildman–Crippen LogP) is 2.50. The summed E-state index contributed by atoms with van der Waals surface area (Å²) in [5.41, 5.74) is 1.40. The number of amides is 1. The fraction of sp³-hybridized carbons (Fsp3) is 0.227.